The number of rotatable bonds is 11. The minimum Gasteiger partial charge on any atom is -0.497 e. The average molecular weight is 469 g/mol. The van der Waals surface area contributed by atoms with E-state index in [0.717, 1.165) is 6.42 Å². The van der Waals surface area contributed by atoms with Gasteiger partial charge in [-0.25, -0.2) is 0 Å². The molecule has 1 amide bonds. The van der Waals surface area contributed by atoms with Crippen LogP contribution in [0.15, 0.2) is 59.8 Å². The molecule has 0 bridgehead atoms. The van der Waals surface area contributed by atoms with E-state index in [9.17, 15) is 9.59 Å². The van der Waals surface area contributed by atoms with Crippen LogP contribution in [0.5, 0.6) is 5.75 Å². The molecule has 1 N–H and O–H groups in total. The number of nitrogens with one attached hydrogen (secondary N) is 1. The summed E-state index contributed by atoms with van der Waals surface area (Å²) in [6, 6.07) is 17.0. The molecule has 1 atom stereocenters. The first-order valence-electron chi connectivity index (χ1n) is 10.7. The van der Waals surface area contributed by atoms with Gasteiger partial charge in [-0.3, -0.25) is 9.59 Å². The molecule has 0 aliphatic carbocycles. The Kier molecular flexibility index (Phi) is 8.88. The lowest BCUT2D eigenvalue weighted by Gasteiger charge is -2.13. The molecule has 0 unspecified atom stereocenters. The summed E-state index contributed by atoms with van der Waals surface area (Å²) >= 11 is 1.30. The molecule has 9 heteroatoms. The lowest BCUT2D eigenvalue weighted by Crippen LogP contribution is -2.25. The smallest absolute Gasteiger partial charge is 0.319 e. The Bertz CT molecular complexity index is 1050. The van der Waals surface area contributed by atoms with Crippen molar-refractivity contribution in [3.05, 3.63) is 71.5 Å². The van der Waals surface area contributed by atoms with E-state index < -0.39 is 5.25 Å². The number of nitrogens with zero attached hydrogens (tertiary/aromatic N) is 3. The van der Waals surface area contributed by atoms with Crippen LogP contribution in [0, 0.1) is 0 Å². The first-order chi connectivity index (χ1) is 16.0. The lowest BCUT2D eigenvalue weighted by molar-refractivity contribution is -0.142. The lowest BCUT2D eigenvalue weighted by atomic mass is 10.1. The summed E-state index contributed by atoms with van der Waals surface area (Å²) in [5.74, 6) is 0.787. The van der Waals surface area contributed by atoms with Crippen LogP contribution in [0.4, 0.5) is 0 Å². The molecule has 8 nitrogen and oxygen atoms in total. The van der Waals surface area contributed by atoms with Crippen molar-refractivity contribution in [1.29, 1.82) is 0 Å². The molecular weight excluding hydrogens is 440 g/mol. The minimum atomic E-state index is -0.425. The van der Waals surface area contributed by atoms with Crippen LogP contribution in [0.25, 0.3) is 0 Å². The van der Waals surface area contributed by atoms with Gasteiger partial charge in [0.25, 0.3) is 5.91 Å². The van der Waals surface area contributed by atoms with Gasteiger partial charge in [-0.1, -0.05) is 42.1 Å². The topological polar surface area (TPSA) is 95.3 Å². The number of amides is 1. The number of hydrogen-bond donors (Lipinski definition) is 1. The van der Waals surface area contributed by atoms with Gasteiger partial charge < -0.3 is 19.4 Å². The minimum absolute atomic E-state index is 0.209. The first-order valence-corrected chi connectivity index (χ1v) is 11.6. The normalized spacial score (nSPS) is 11.6. The summed E-state index contributed by atoms with van der Waals surface area (Å²) in [6.45, 7) is 4.71. The van der Waals surface area contributed by atoms with Crippen LogP contribution in [-0.4, -0.2) is 45.6 Å². The zero-order valence-corrected chi connectivity index (χ0v) is 19.8. The predicted octanol–water partition coefficient (Wildman–Crippen LogP) is 3.50. The molecule has 1 heterocycles. The van der Waals surface area contributed by atoms with Gasteiger partial charge in [0.1, 0.15) is 11.0 Å². The second-order valence-corrected chi connectivity index (χ2v) is 8.52. The number of methoxy groups -OCH3 is 1. The van der Waals surface area contributed by atoms with Gasteiger partial charge in [0.15, 0.2) is 11.0 Å². The molecule has 0 aliphatic rings. The van der Waals surface area contributed by atoms with Crippen molar-refractivity contribution < 1.29 is 19.1 Å². The van der Waals surface area contributed by atoms with E-state index in [1.165, 1.54) is 17.3 Å². The molecule has 0 fully saturated rings. The Morgan fingerprint density at radius 2 is 1.82 bits per heavy atom. The van der Waals surface area contributed by atoms with E-state index in [1.54, 1.807) is 45.2 Å². The Morgan fingerprint density at radius 1 is 1.09 bits per heavy atom. The molecule has 0 radical (unpaired) electrons. The molecule has 0 aliphatic heterocycles. The average Bonchev–Trinajstić information content (AvgIpc) is 3.23. The van der Waals surface area contributed by atoms with Crippen LogP contribution in [0.1, 0.15) is 35.6 Å². The highest BCUT2D eigenvalue weighted by atomic mass is 32.2. The van der Waals surface area contributed by atoms with Crippen molar-refractivity contribution >= 4 is 23.6 Å². The molecule has 2 aromatic carbocycles. The largest absolute Gasteiger partial charge is 0.497 e. The highest BCUT2D eigenvalue weighted by Gasteiger charge is 2.21. The van der Waals surface area contributed by atoms with Gasteiger partial charge in [0, 0.05) is 12.1 Å². The highest BCUT2D eigenvalue weighted by Crippen LogP contribution is 2.24. The molecule has 3 rings (SSSR count). The molecule has 0 saturated carbocycles. The van der Waals surface area contributed by atoms with Gasteiger partial charge in [0.05, 0.1) is 20.3 Å². The second-order valence-electron chi connectivity index (χ2n) is 7.21. The van der Waals surface area contributed by atoms with E-state index in [2.05, 4.69) is 27.6 Å². The van der Waals surface area contributed by atoms with Crippen LogP contribution in [0.2, 0.25) is 0 Å². The van der Waals surface area contributed by atoms with Crippen molar-refractivity contribution in [1.82, 2.24) is 20.1 Å². The third-order valence-corrected chi connectivity index (χ3v) is 5.98. The maximum Gasteiger partial charge on any atom is 0.319 e. The van der Waals surface area contributed by atoms with Crippen LogP contribution >= 0.6 is 11.8 Å². The van der Waals surface area contributed by atoms with Crippen LogP contribution in [0.3, 0.4) is 0 Å². The zero-order chi connectivity index (χ0) is 23.6. The van der Waals surface area contributed by atoms with Crippen molar-refractivity contribution in [3.63, 3.8) is 0 Å². The number of carbonyl (C=O) groups excluding carboxylic acids is 2. The number of aromatic nitrogens is 3. The molecule has 0 spiro atoms. The summed E-state index contributed by atoms with van der Waals surface area (Å²) in [5, 5.41) is 11.7. The number of esters is 1. The van der Waals surface area contributed by atoms with Crippen LogP contribution < -0.4 is 10.1 Å². The predicted molar refractivity (Wildman–Crippen MR) is 126 cm³/mol. The monoisotopic (exact) mass is 468 g/mol. The molecule has 0 saturated heterocycles. The summed E-state index contributed by atoms with van der Waals surface area (Å²) in [7, 11) is 1.58. The van der Waals surface area contributed by atoms with Crippen molar-refractivity contribution in [2.75, 3.05) is 13.7 Å². The van der Waals surface area contributed by atoms with Gasteiger partial charge in [-0.05, 0) is 50.1 Å². The Labute approximate surface area is 197 Å². The number of thioether (sulfide) groups is 1. The maximum atomic E-state index is 12.6. The van der Waals surface area contributed by atoms with Gasteiger partial charge in [0.2, 0.25) is 0 Å². The number of benzene rings is 2. The number of hydrogen-bond acceptors (Lipinski definition) is 7. The van der Waals surface area contributed by atoms with Crippen molar-refractivity contribution in [2.24, 2.45) is 0 Å². The van der Waals surface area contributed by atoms with Gasteiger partial charge >= 0.3 is 5.97 Å². The molecule has 33 heavy (non-hydrogen) atoms. The summed E-state index contributed by atoms with van der Waals surface area (Å²) in [5.41, 5.74) is 1.70. The number of ether oxygens (including phenoxy) is 2. The standard InChI is InChI=1S/C24H28N4O4S/c1-4-32-23(30)17(2)33-24-27-26-21(28(24)15-14-18-8-6-5-7-9-18)16-25-22(29)19-10-12-20(31-3)13-11-19/h5-13,17H,4,14-16H2,1-3H3,(H,25,29)/t17-/m0/s1. The third-order valence-electron chi connectivity index (χ3n) is 4.92. The molecular formula is C24H28N4O4S. The maximum absolute atomic E-state index is 12.6. The summed E-state index contributed by atoms with van der Waals surface area (Å²) < 4.78 is 12.2. The number of carbonyl (C=O) groups is 2. The van der Waals surface area contributed by atoms with Crippen molar-refractivity contribution in [2.45, 2.75) is 43.8 Å². The Balaban J connectivity index is 1.73. The van der Waals surface area contributed by atoms with Gasteiger partial charge in [-0.2, -0.15) is 0 Å². The SMILES string of the molecule is CCOC(=O)[C@H](C)Sc1nnc(CNC(=O)c2ccc(OC)cc2)n1CCc1ccccc1. The first kappa shape index (κ1) is 24.3. The van der Waals surface area contributed by atoms with E-state index in [4.69, 9.17) is 9.47 Å². The van der Waals surface area contributed by atoms with Crippen molar-refractivity contribution in [3.8, 4) is 5.75 Å². The quantitative estimate of drug-likeness (QED) is 0.340. The molecule has 174 valence electrons. The van der Waals surface area contributed by atoms with Gasteiger partial charge in [-0.15, -0.1) is 10.2 Å². The zero-order valence-electron chi connectivity index (χ0n) is 19.0. The number of aryl methyl sites for hydroxylation is 1. The van der Waals surface area contributed by atoms with E-state index >= 15 is 0 Å². The van der Waals surface area contributed by atoms with Crippen LogP contribution in [-0.2, 0) is 29.0 Å². The summed E-state index contributed by atoms with van der Waals surface area (Å²) in [4.78, 5) is 24.7. The highest BCUT2D eigenvalue weighted by molar-refractivity contribution is 8.00. The fourth-order valence-electron chi connectivity index (χ4n) is 3.12. The Morgan fingerprint density at radius 3 is 2.48 bits per heavy atom. The fourth-order valence-corrected chi connectivity index (χ4v) is 4.01. The fraction of sp³-hybridized carbons (Fsp3) is 0.333. The second kappa shape index (κ2) is 12.1. The third kappa shape index (κ3) is 6.82. The molecule has 1 aromatic heterocycles. The Hall–Kier alpha value is -3.33. The van der Waals surface area contributed by atoms with E-state index in [1.807, 2.05) is 22.8 Å². The van der Waals surface area contributed by atoms with E-state index in [0.29, 0.717) is 35.4 Å². The molecule has 3 aromatic rings. The summed E-state index contributed by atoms with van der Waals surface area (Å²) in [6.07, 6.45) is 0.764. The van der Waals surface area contributed by atoms with E-state index in [-0.39, 0.29) is 18.4 Å².